The second-order valence-electron chi connectivity index (χ2n) is 4.95. The van der Waals surface area contributed by atoms with Crippen LogP contribution in [0.25, 0.3) is 0 Å². The van der Waals surface area contributed by atoms with E-state index in [2.05, 4.69) is 5.32 Å². The van der Waals surface area contributed by atoms with Gasteiger partial charge in [-0.15, -0.1) is 11.8 Å². The van der Waals surface area contributed by atoms with Crippen LogP contribution in [0.1, 0.15) is 25.7 Å². The Morgan fingerprint density at radius 2 is 2.06 bits per heavy atom. The minimum atomic E-state index is -0.157. The Balaban J connectivity index is 1.99. The highest BCUT2D eigenvalue weighted by Gasteiger charge is 2.43. The number of nitrogens with one attached hydrogen (secondary N) is 1. The minimum absolute atomic E-state index is 0.157. The number of nitrogen functional groups attached to an aromatic ring is 1. The van der Waals surface area contributed by atoms with Gasteiger partial charge in [0.2, 0.25) is 5.91 Å². The predicted octanol–water partition coefficient (Wildman–Crippen LogP) is 2.87. The van der Waals surface area contributed by atoms with E-state index in [9.17, 15) is 4.79 Å². The molecule has 0 aromatic heterocycles. The monoisotopic (exact) mass is 248 g/mol. The summed E-state index contributed by atoms with van der Waals surface area (Å²) in [7, 11) is 0. The molecule has 2 aliphatic rings. The molecule has 3 nitrogen and oxygen atoms in total. The van der Waals surface area contributed by atoms with Crippen molar-refractivity contribution < 1.29 is 4.79 Å². The van der Waals surface area contributed by atoms with E-state index in [1.807, 2.05) is 18.2 Å². The van der Waals surface area contributed by atoms with Crippen molar-refractivity contribution in [1.82, 2.24) is 0 Å². The van der Waals surface area contributed by atoms with E-state index in [1.165, 1.54) is 12.8 Å². The quantitative estimate of drug-likeness (QED) is 0.694. The summed E-state index contributed by atoms with van der Waals surface area (Å²) in [5.41, 5.74) is 7.46. The van der Waals surface area contributed by atoms with Crippen molar-refractivity contribution in [2.24, 2.45) is 5.41 Å². The lowest BCUT2D eigenvalue weighted by Gasteiger charge is -2.24. The first-order valence-electron chi connectivity index (χ1n) is 6.04. The number of benzene rings is 1. The van der Waals surface area contributed by atoms with Gasteiger partial charge < -0.3 is 11.1 Å². The highest BCUT2D eigenvalue weighted by Crippen LogP contribution is 2.47. The molecular formula is C13H16N2OS. The molecule has 1 amide bonds. The molecule has 0 bridgehead atoms. The molecule has 1 saturated carbocycles. The molecule has 1 fully saturated rings. The van der Waals surface area contributed by atoms with Gasteiger partial charge in [-0.3, -0.25) is 4.79 Å². The average Bonchev–Trinajstić information content (AvgIpc) is 2.72. The number of hydrogen-bond donors (Lipinski definition) is 2. The third-order valence-electron chi connectivity index (χ3n) is 3.83. The predicted molar refractivity (Wildman–Crippen MR) is 71.1 cm³/mol. The fourth-order valence-corrected chi connectivity index (χ4v) is 4.12. The molecule has 0 atom stereocenters. The third kappa shape index (κ3) is 1.71. The normalized spacial score (nSPS) is 22.0. The summed E-state index contributed by atoms with van der Waals surface area (Å²) in [4.78, 5) is 13.4. The van der Waals surface area contributed by atoms with Crippen LogP contribution < -0.4 is 11.1 Å². The number of hydrogen-bond acceptors (Lipinski definition) is 3. The first-order valence-corrected chi connectivity index (χ1v) is 7.03. The second-order valence-corrected chi connectivity index (χ2v) is 5.94. The third-order valence-corrected chi connectivity index (χ3v) is 5.27. The second kappa shape index (κ2) is 3.95. The highest BCUT2D eigenvalue weighted by molar-refractivity contribution is 7.99. The van der Waals surface area contributed by atoms with E-state index in [1.54, 1.807) is 11.8 Å². The zero-order valence-corrected chi connectivity index (χ0v) is 10.5. The van der Waals surface area contributed by atoms with Gasteiger partial charge in [-0.2, -0.15) is 0 Å². The molecule has 1 heterocycles. The molecule has 3 rings (SSSR count). The molecule has 1 aliphatic heterocycles. The lowest BCUT2D eigenvalue weighted by atomic mass is 9.87. The van der Waals surface area contributed by atoms with E-state index in [0.29, 0.717) is 0 Å². The van der Waals surface area contributed by atoms with Crippen molar-refractivity contribution in [2.45, 2.75) is 30.6 Å². The molecule has 4 heteroatoms. The molecule has 1 aromatic rings. The van der Waals surface area contributed by atoms with Gasteiger partial charge >= 0.3 is 0 Å². The summed E-state index contributed by atoms with van der Waals surface area (Å²) < 4.78 is 0. The SMILES string of the molecule is Nc1cccc2c1SCC1(CCCC1)C(=O)N2. The first kappa shape index (κ1) is 11.0. The largest absolute Gasteiger partial charge is 0.398 e. The number of fused-ring (bicyclic) bond motifs is 1. The maximum Gasteiger partial charge on any atom is 0.231 e. The van der Waals surface area contributed by atoms with Crippen LogP contribution in [0.2, 0.25) is 0 Å². The summed E-state index contributed by atoms with van der Waals surface area (Å²) >= 11 is 1.73. The summed E-state index contributed by atoms with van der Waals surface area (Å²) in [6, 6.07) is 5.72. The Kier molecular flexibility index (Phi) is 2.54. The van der Waals surface area contributed by atoms with Crippen LogP contribution in [0, 0.1) is 5.41 Å². The Morgan fingerprint density at radius 1 is 1.29 bits per heavy atom. The van der Waals surface area contributed by atoms with E-state index >= 15 is 0 Å². The Hall–Kier alpha value is -1.16. The first-order chi connectivity index (χ1) is 8.21. The molecule has 90 valence electrons. The van der Waals surface area contributed by atoms with E-state index < -0.39 is 0 Å². The Bertz CT molecular complexity index is 466. The van der Waals surface area contributed by atoms with Gasteiger partial charge in [-0.05, 0) is 25.0 Å². The van der Waals surface area contributed by atoms with Gasteiger partial charge in [0.15, 0.2) is 0 Å². The molecule has 1 aromatic carbocycles. The van der Waals surface area contributed by atoms with Crippen LogP contribution in [0.3, 0.4) is 0 Å². The van der Waals surface area contributed by atoms with Crippen LogP contribution in [0.15, 0.2) is 23.1 Å². The fraction of sp³-hybridized carbons (Fsp3) is 0.462. The summed E-state index contributed by atoms with van der Waals surface area (Å²) in [6.45, 7) is 0. The van der Waals surface area contributed by atoms with E-state index in [0.717, 1.165) is 34.9 Å². The fourth-order valence-electron chi connectivity index (χ4n) is 2.77. The van der Waals surface area contributed by atoms with Gasteiger partial charge in [-0.25, -0.2) is 0 Å². The summed E-state index contributed by atoms with van der Waals surface area (Å²) in [6.07, 6.45) is 4.36. The average molecular weight is 248 g/mol. The van der Waals surface area contributed by atoms with Gasteiger partial charge in [0.1, 0.15) is 0 Å². The maximum atomic E-state index is 12.3. The Labute approximate surface area is 105 Å². The molecule has 3 N–H and O–H groups in total. The molecule has 17 heavy (non-hydrogen) atoms. The standard InChI is InChI=1S/C13H16N2OS/c14-9-4-3-5-10-11(9)17-8-13(12(16)15-10)6-1-2-7-13/h3-5H,1-2,6-8,14H2,(H,15,16). The molecule has 0 unspecified atom stereocenters. The van der Waals surface area contributed by atoms with Crippen molar-refractivity contribution in [3.05, 3.63) is 18.2 Å². The molecule has 1 aliphatic carbocycles. The molecular weight excluding hydrogens is 232 g/mol. The van der Waals surface area contributed by atoms with Gasteiger partial charge in [0.05, 0.1) is 16.0 Å². The highest BCUT2D eigenvalue weighted by atomic mass is 32.2. The van der Waals surface area contributed by atoms with E-state index in [-0.39, 0.29) is 11.3 Å². The number of carbonyl (C=O) groups excluding carboxylic acids is 1. The summed E-state index contributed by atoms with van der Waals surface area (Å²) in [5, 5.41) is 3.06. The van der Waals surface area contributed by atoms with Crippen LogP contribution in [-0.2, 0) is 4.79 Å². The van der Waals surface area contributed by atoms with Crippen LogP contribution in [-0.4, -0.2) is 11.7 Å². The summed E-state index contributed by atoms with van der Waals surface area (Å²) in [5.74, 6) is 1.05. The Morgan fingerprint density at radius 3 is 2.82 bits per heavy atom. The zero-order chi connectivity index (χ0) is 11.9. The van der Waals surface area contributed by atoms with Crippen LogP contribution in [0.4, 0.5) is 11.4 Å². The number of thioether (sulfide) groups is 1. The number of anilines is 2. The van der Waals surface area contributed by atoms with Crippen molar-refractivity contribution in [3.8, 4) is 0 Å². The van der Waals surface area contributed by atoms with Gasteiger partial charge in [-0.1, -0.05) is 18.9 Å². The molecule has 0 radical (unpaired) electrons. The smallest absolute Gasteiger partial charge is 0.231 e. The molecule has 1 spiro atoms. The van der Waals surface area contributed by atoms with Gasteiger partial charge in [0, 0.05) is 11.4 Å². The van der Waals surface area contributed by atoms with Crippen LogP contribution >= 0.6 is 11.8 Å². The van der Waals surface area contributed by atoms with Crippen molar-refractivity contribution in [1.29, 1.82) is 0 Å². The number of rotatable bonds is 0. The maximum absolute atomic E-state index is 12.3. The minimum Gasteiger partial charge on any atom is -0.398 e. The van der Waals surface area contributed by atoms with Crippen molar-refractivity contribution >= 4 is 29.0 Å². The molecule has 0 saturated heterocycles. The van der Waals surface area contributed by atoms with Crippen LogP contribution in [0.5, 0.6) is 0 Å². The van der Waals surface area contributed by atoms with Gasteiger partial charge in [0.25, 0.3) is 0 Å². The number of amides is 1. The lowest BCUT2D eigenvalue weighted by Crippen LogP contribution is -2.34. The van der Waals surface area contributed by atoms with Crippen molar-refractivity contribution in [2.75, 3.05) is 16.8 Å². The lowest BCUT2D eigenvalue weighted by molar-refractivity contribution is -0.124. The topological polar surface area (TPSA) is 55.1 Å². The van der Waals surface area contributed by atoms with Crippen molar-refractivity contribution in [3.63, 3.8) is 0 Å². The number of carbonyl (C=O) groups is 1. The van der Waals surface area contributed by atoms with E-state index in [4.69, 9.17) is 5.73 Å². The zero-order valence-electron chi connectivity index (χ0n) is 9.66. The number of nitrogens with two attached hydrogens (primary N) is 1.